The molecule has 3 rings (SSSR count). The fourth-order valence-electron chi connectivity index (χ4n) is 2.67. The van der Waals surface area contributed by atoms with Crippen molar-refractivity contribution >= 4 is 11.9 Å². The molecule has 24 heavy (non-hydrogen) atoms. The Morgan fingerprint density at radius 1 is 1.38 bits per heavy atom. The van der Waals surface area contributed by atoms with Crippen molar-refractivity contribution in [1.82, 2.24) is 14.8 Å². The van der Waals surface area contributed by atoms with Crippen molar-refractivity contribution < 1.29 is 18.7 Å². The standard InChI is InChI=1S/C16H17FN4O3/c1-3-24-15(22)13-12(8-23-2)20-16-18-9-19-21(16)14(13)10-4-6-11(17)7-5-10/h4-7,9,14H,3,8H2,1-2H3,(H,18,19,20). The molecule has 8 heteroatoms. The van der Waals surface area contributed by atoms with Crippen molar-refractivity contribution in [3.8, 4) is 0 Å². The van der Waals surface area contributed by atoms with Crippen LogP contribution in [0, 0.1) is 5.82 Å². The van der Waals surface area contributed by atoms with Crippen LogP contribution in [0.25, 0.3) is 0 Å². The third kappa shape index (κ3) is 2.88. The molecular weight excluding hydrogens is 315 g/mol. The lowest BCUT2D eigenvalue weighted by molar-refractivity contribution is -0.139. The van der Waals surface area contributed by atoms with Gasteiger partial charge < -0.3 is 14.8 Å². The van der Waals surface area contributed by atoms with Crippen LogP contribution in [0.3, 0.4) is 0 Å². The molecule has 2 aromatic rings. The number of methoxy groups -OCH3 is 1. The molecule has 0 saturated carbocycles. The number of fused-ring (bicyclic) bond motifs is 1. The lowest BCUT2D eigenvalue weighted by Crippen LogP contribution is -2.31. The van der Waals surface area contributed by atoms with Gasteiger partial charge in [-0.05, 0) is 24.6 Å². The average Bonchev–Trinajstić information content (AvgIpc) is 3.03. The zero-order chi connectivity index (χ0) is 17.1. The zero-order valence-electron chi connectivity index (χ0n) is 13.3. The van der Waals surface area contributed by atoms with Gasteiger partial charge in [0, 0.05) is 7.11 Å². The van der Waals surface area contributed by atoms with Crippen LogP contribution in [0.5, 0.6) is 0 Å². The molecule has 0 radical (unpaired) electrons. The molecule has 1 unspecified atom stereocenters. The number of carbonyl (C=O) groups is 1. The third-order valence-corrected chi connectivity index (χ3v) is 3.65. The maximum Gasteiger partial charge on any atom is 0.338 e. The SMILES string of the molecule is CCOC(=O)C1=C(COC)Nc2ncnn2C1c1ccc(F)cc1. The number of carbonyl (C=O) groups excluding carboxylic acids is 1. The first-order valence-corrected chi connectivity index (χ1v) is 7.46. The Hall–Kier alpha value is -2.74. The number of hydrogen-bond acceptors (Lipinski definition) is 6. The maximum absolute atomic E-state index is 13.3. The largest absolute Gasteiger partial charge is 0.463 e. The number of rotatable bonds is 5. The van der Waals surface area contributed by atoms with Crippen molar-refractivity contribution in [2.24, 2.45) is 0 Å². The van der Waals surface area contributed by atoms with Gasteiger partial charge in [-0.3, -0.25) is 0 Å². The van der Waals surface area contributed by atoms with Crippen LogP contribution in [0.15, 0.2) is 41.9 Å². The van der Waals surface area contributed by atoms with Crippen LogP contribution >= 0.6 is 0 Å². The van der Waals surface area contributed by atoms with E-state index < -0.39 is 12.0 Å². The lowest BCUT2D eigenvalue weighted by atomic mass is 9.95. The Kier molecular flexibility index (Phi) is 4.57. The first-order chi connectivity index (χ1) is 11.7. The number of benzene rings is 1. The van der Waals surface area contributed by atoms with Gasteiger partial charge in [-0.15, -0.1) is 0 Å². The number of halogens is 1. The normalized spacial score (nSPS) is 16.5. The van der Waals surface area contributed by atoms with Crippen molar-refractivity contribution in [3.05, 3.63) is 53.2 Å². The highest BCUT2D eigenvalue weighted by molar-refractivity contribution is 5.92. The van der Waals surface area contributed by atoms with Crippen molar-refractivity contribution in [2.45, 2.75) is 13.0 Å². The summed E-state index contributed by atoms with van der Waals surface area (Å²) in [4.78, 5) is 16.7. The number of anilines is 1. The molecule has 2 heterocycles. The van der Waals surface area contributed by atoms with Gasteiger partial charge in [-0.2, -0.15) is 10.1 Å². The van der Waals surface area contributed by atoms with Gasteiger partial charge in [0.25, 0.3) is 0 Å². The molecule has 0 bridgehead atoms. The summed E-state index contributed by atoms with van der Waals surface area (Å²) >= 11 is 0. The Labute approximate surface area is 138 Å². The Bertz CT molecular complexity index is 770. The van der Waals surface area contributed by atoms with E-state index in [0.717, 1.165) is 0 Å². The highest BCUT2D eigenvalue weighted by atomic mass is 19.1. The minimum absolute atomic E-state index is 0.179. The van der Waals surface area contributed by atoms with E-state index in [4.69, 9.17) is 9.47 Å². The number of esters is 1. The fraction of sp³-hybridized carbons (Fsp3) is 0.312. The summed E-state index contributed by atoms with van der Waals surface area (Å²) < 4.78 is 25.2. The third-order valence-electron chi connectivity index (χ3n) is 3.65. The lowest BCUT2D eigenvalue weighted by Gasteiger charge is -2.29. The number of nitrogens with zero attached hydrogens (tertiary/aromatic N) is 3. The van der Waals surface area contributed by atoms with E-state index in [1.165, 1.54) is 25.6 Å². The van der Waals surface area contributed by atoms with Gasteiger partial charge >= 0.3 is 5.97 Å². The number of hydrogen-bond donors (Lipinski definition) is 1. The minimum atomic E-state index is -0.575. The topological polar surface area (TPSA) is 78.3 Å². The summed E-state index contributed by atoms with van der Waals surface area (Å²) in [7, 11) is 1.53. The smallest absolute Gasteiger partial charge is 0.338 e. The predicted octanol–water partition coefficient (Wildman–Crippen LogP) is 1.90. The van der Waals surface area contributed by atoms with Crippen LogP contribution in [0.2, 0.25) is 0 Å². The molecule has 1 aromatic carbocycles. The second kappa shape index (κ2) is 6.79. The maximum atomic E-state index is 13.3. The number of ether oxygens (including phenoxy) is 2. The number of nitrogens with one attached hydrogen (secondary N) is 1. The molecule has 1 aromatic heterocycles. The van der Waals surface area contributed by atoms with E-state index in [2.05, 4.69) is 15.4 Å². The molecule has 126 valence electrons. The zero-order valence-corrected chi connectivity index (χ0v) is 13.3. The Morgan fingerprint density at radius 2 is 2.12 bits per heavy atom. The van der Waals surface area contributed by atoms with E-state index in [-0.39, 0.29) is 19.0 Å². The molecule has 7 nitrogen and oxygen atoms in total. The summed E-state index contributed by atoms with van der Waals surface area (Å²) in [6.07, 6.45) is 1.39. The second-order valence-electron chi connectivity index (χ2n) is 5.15. The second-order valence-corrected chi connectivity index (χ2v) is 5.15. The van der Waals surface area contributed by atoms with Crippen LogP contribution in [-0.2, 0) is 14.3 Å². The summed E-state index contributed by atoms with van der Waals surface area (Å²) in [5.41, 5.74) is 1.61. The highest BCUT2D eigenvalue weighted by Crippen LogP contribution is 2.35. The first-order valence-electron chi connectivity index (χ1n) is 7.46. The van der Waals surface area contributed by atoms with Crippen LogP contribution in [0.1, 0.15) is 18.5 Å². The Balaban J connectivity index is 2.15. The molecule has 0 amide bonds. The van der Waals surface area contributed by atoms with Gasteiger partial charge in [-0.1, -0.05) is 12.1 Å². The van der Waals surface area contributed by atoms with E-state index in [9.17, 15) is 9.18 Å². The van der Waals surface area contributed by atoms with Crippen molar-refractivity contribution in [1.29, 1.82) is 0 Å². The van der Waals surface area contributed by atoms with Gasteiger partial charge in [-0.25, -0.2) is 13.9 Å². The predicted molar refractivity (Wildman–Crippen MR) is 83.7 cm³/mol. The summed E-state index contributed by atoms with van der Waals surface area (Å²) in [6.45, 7) is 2.15. The quantitative estimate of drug-likeness (QED) is 0.843. The summed E-state index contributed by atoms with van der Waals surface area (Å²) in [6, 6.07) is 5.33. The average molecular weight is 332 g/mol. The van der Waals surface area contributed by atoms with Gasteiger partial charge in [0.2, 0.25) is 5.95 Å². The van der Waals surface area contributed by atoms with Gasteiger partial charge in [0.15, 0.2) is 0 Å². The first kappa shape index (κ1) is 16.1. The van der Waals surface area contributed by atoms with Crippen LogP contribution in [0.4, 0.5) is 10.3 Å². The molecule has 0 spiro atoms. The van der Waals surface area contributed by atoms with Crippen molar-refractivity contribution in [2.75, 3.05) is 25.6 Å². The van der Waals surface area contributed by atoms with E-state index >= 15 is 0 Å². The highest BCUT2D eigenvalue weighted by Gasteiger charge is 2.35. The Morgan fingerprint density at radius 3 is 2.79 bits per heavy atom. The molecule has 0 aliphatic carbocycles. The molecule has 1 N–H and O–H groups in total. The number of aromatic nitrogens is 3. The molecule has 0 fully saturated rings. The fourth-order valence-corrected chi connectivity index (χ4v) is 2.67. The molecular formula is C16H17FN4O3. The molecule has 0 saturated heterocycles. The van der Waals surface area contributed by atoms with Crippen molar-refractivity contribution in [3.63, 3.8) is 0 Å². The molecule has 1 atom stereocenters. The van der Waals surface area contributed by atoms with E-state index in [1.54, 1.807) is 23.7 Å². The van der Waals surface area contributed by atoms with Crippen LogP contribution in [-0.4, -0.2) is 41.1 Å². The van der Waals surface area contributed by atoms with E-state index in [0.29, 0.717) is 22.8 Å². The minimum Gasteiger partial charge on any atom is -0.463 e. The van der Waals surface area contributed by atoms with Crippen LogP contribution < -0.4 is 5.32 Å². The van der Waals surface area contributed by atoms with E-state index in [1.807, 2.05) is 0 Å². The summed E-state index contributed by atoms with van der Waals surface area (Å²) in [5.74, 6) is -0.359. The molecule has 1 aliphatic rings. The monoisotopic (exact) mass is 332 g/mol. The van der Waals surface area contributed by atoms with Gasteiger partial charge in [0.1, 0.15) is 18.2 Å². The summed E-state index contributed by atoms with van der Waals surface area (Å²) in [5, 5.41) is 7.24. The van der Waals surface area contributed by atoms with Gasteiger partial charge in [0.05, 0.1) is 24.5 Å². The molecule has 1 aliphatic heterocycles.